The first kappa shape index (κ1) is 28.5. The minimum absolute atomic E-state index is 0.0879. The molecule has 2 unspecified atom stereocenters. The number of carbonyl (C=O) groups is 1. The van der Waals surface area contributed by atoms with Crippen molar-refractivity contribution in [3.05, 3.63) is 191 Å². The summed E-state index contributed by atoms with van der Waals surface area (Å²) in [6.45, 7) is 3.53. The van der Waals surface area contributed by atoms with E-state index in [1.54, 1.807) is 0 Å². The first-order valence-electron chi connectivity index (χ1n) is 15.2. The van der Waals surface area contributed by atoms with Gasteiger partial charge in [-0.05, 0) is 47.8 Å². The zero-order chi connectivity index (χ0) is 31.0. The third kappa shape index (κ3) is 4.57. The van der Waals surface area contributed by atoms with Crippen molar-refractivity contribution in [2.45, 2.75) is 31.1 Å². The van der Waals surface area contributed by atoms with Crippen LogP contribution in [0.3, 0.4) is 0 Å². The van der Waals surface area contributed by atoms with Crippen LogP contribution in [0.4, 0.5) is 0 Å². The van der Waals surface area contributed by atoms with Crippen molar-refractivity contribution in [2.24, 2.45) is 4.99 Å². The molecule has 5 aromatic carbocycles. The van der Waals surface area contributed by atoms with Crippen molar-refractivity contribution in [2.75, 3.05) is 0 Å². The lowest BCUT2D eigenvalue weighted by Crippen LogP contribution is -2.55. The number of aliphatic hydroxyl groups is 1. The van der Waals surface area contributed by atoms with Crippen LogP contribution in [0.15, 0.2) is 162 Å². The summed E-state index contributed by atoms with van der Waals surface area (Å²) in [6.07, 6.45) is 1.61. The van der Waals surface area contributed by atoms with Crippen LogP contribution >= 0.6 is 0 Å². The van der Waals surface area contributed by atoms with E-state index >= 15 is 0 Å². The van der Waals surface area contributed by atoms with Gasteiger partial charge in [-0.15, -0.1) is 0 Å². The second kappa shape index (κ2) is 11.3. The molecule has 2 aliphatic rings. The van der Waals surface area contributed by atoms with Gasteiger partial charge in [0.25, 0.3) is 0 Å². The molecule has 0 amide bonds. The predicted octanol–water partition coefficient (Wildman–Crippen LogP) is 8.69. The lowest BCUT2D eigenvalue weighted by Gasteiger charge is -2.50. The third-order valence-corrected chi connectivity index (χ3v) is 8.94. The van der Waals surface area contributed by atoms with Crippen LogP contribution in [-0.2, 0) is 20.7 Å². The van der Waals surface area contributed by atoms with Gasteiger partial charge < -0.3 is 9.84 Å². The highest BCUT2D eigenvalue weighted by Gasteiger charge is 2.56. The van der Waals surface area contributed by atoms with Crippen LogP contribution in [0.5, 0.6) is 0 Å². The van der Waals surface area contributed by atoms with Gasteiger partial charge in [-0.3, -0.25) is 9.79 Å². The van der Waals surface area contributed by atoms with E-state index in [1.165, 1.54) is 6.92 Å². The monoisotopic (exact) mass is 587 g/mol. The van der Waals surface area contributed by atoms with E-state index in [9.17, 15) is 9.90 Å². The Balaban J connectivity index is 1.64. The molecule has 0 fully saturated rings. The molecule has 1 aliphatic heterocycles. The number of nitrogens with zero attached hydrogens (tertiary/aromatic N) is 1. The highest BCUT2D eigenvalue weighted by molar-refractivity contribution is 6.31. The fourth-order valence-corrected chi connectivity index (χ4v) is 6.90. The van der Waals surface area contributed by atoms with Gasteiger partial charge in [0.2, 0.25) is 0 Å². The Morgan fingerprint density at radius 2 is 1.18 bits per heavy atom. The molecule has 0 saturated heterocycles. The fraction of sp³-hybridized carbons (Fsp3) is 0.122. The molecule has 0 aromatic heterocycles. The van der Waals surface area contributed by atoms with E-state index in [1.807, 2.05) is 121 Å². The topological polar surface area (TPSA) is 58.9 Å². The normalized spacial score (nSPS) is 20.0. The minimum atomic E-state index is -1.29. The Hall–Kier alpha value is -5.32. The van der Waals surface area contributed by atoms with Crippen molar-refractivity contribution in [1.82, 2.24) is 0 Å². The average Bonchev–Trinajstić information content (AvgIpc) is 3.09. The van der Waals surface area contributed by atoms with Crippen LogP contribution in [0, 0.1) is 0 Å². The summed E-state index contributed by atoms with van der Waals surface area (Å²) >= 11 is 0. The Morgan fingerprint density at radius 3 is 1.69 bits per heavy atom. The number of fused-ring (bicyclic) bond motifs is 3. The molecule has 1 N–H and O–H groups in total. The fourth-order valence-electron chi connectivity index (χ4n) is 6.90. The third-order valence-electron chi connectivity index (χ3n) is 8.94. The van der Waals surface area contributed by atoms with Crippen LogP contribution in [0.1, 0.15) is 47.2 Å². The van der Waals surface area contributed by atoms with Gasteiger partial charge in [-0.25, -0.2) is 0 Å². The molecular formula is C41H33NO3. The van der Waals surface area contributed by atoms with Crippen molar-refractivity contribution in [1.29, 1.82) is 0 Å². The number of hydrogen-bond acceptors (Lipinski definition) is 4. The highest BCUT2D eigenvalue weighted by Crippen LogP contribution is 2.53. The van der Waals surface area contributed by atoms with Crippen molar-refractivity contribution in [3.8, 4) is 0 Å². The molecule has 1 aliphatic carbocycles. The maximum atomic E-state index is 13.6. The maximum Gasteiger partial charge on any atom is 0.165 e. The molecule has 2 atom stereocenters. The molecule has 0 spiro atoms. The van der Waals surface area contributed by atoms with E-state index in [0.29, 0.717) is 11.3 Å². The quantitative estimate of drug-likeness (QED) is 0.216. The number of ketones is 1. The number of aliphatic hydroxyl groups excluding tert-OH is 1. The molecule has 0 radical (unpaired) electrons. The van der Waals surface area contributed by atoms with Crippen LogP contribution in [-0.4, -0.2) is 22.7 Å². The summed E-state index contributed by atoms with van der Waals surface area (Å²) in [7, 11) is 0. The molecule has 0 saturated carbocycles. The summed E-state index contributed by atoms with van der Waals surface area (Å²) < 4.78 is 7.43. The molecule has 4 heteroatoms. The number of aliphatic imine (C=N–C) groups is 1. The Kier molecular flexibility index (Phi) is 7.15. The van der Waals surface area contributed by atoms with Gasteiger partial charge in [-0.2, -0.15) is 0 Å². The first-order chi connectivity index (χ1) is 22.0. The van der Waals surface area contributed by atoms with Gasteiger partial charge in [0, 0.05) is 11.1 Å². The van der Waals surface area contributed by atoms with Crippen LogP contribution < -0.4 is 0 Å². The Morgan fingerprint density at radius 1 is 0.711 bits per heavy atom. The number of rotatable bonds is 6. The molecule has 0 bridgehead atoms. The molecule has 7 rings (SSSR count). The molecule has 220 valence electrons. The van der Waals surface area contributed by atoms with Gasteiger partial charge in [0.1, 0.15) is 11.3 Å². The Labute approximate surface area is 263 Å². The summed E-state index contributed by atoms with van der Waals surface area (Å²) in [6, 6.07) is 48.1. The second-order valence-electron chi connectivity index (χ2n) is 11.6. The minimum Gasteiger partial charge on any atom is -0.506 e. The van der Waals surface area contributed by atoms with E-state index in [0.717, 1.165) is 33.4 Å². The molecule has 45 heavy (non-hydrogen) atoms. The van der Waals surface area contributed by atoms with Gasteiger partial charge in [-0.1, -0.05) is 146 Å². The number of ether oxygens (including phenoxy) is 1. The molecule has 4 nitrogen and oxygen atoms in total. The van der Waals surface area contributed by atoms with Crippen LogP contribution in [0.25, 0.3) is 11.3 Å². The molecular weight excluding hydrogens is 554 g/mol. The van der Waals surface area contributed by atoms with Gasteiger partial charge >= 0.3 is 0 Å². The number of carbonyl (C=O) groups excluding carboxylic acids is 1. The average molecular weight is 588 g/mol. The van der Waals surface area contributed by atoms with Gasteiger partial charge in [0.05, 0.1) is 17.4 Å². The SMILES string of the molecule is CC(=O)C1=C(O)c2ccccc2C2(C=C(c3ccccc3)c3ccccc3)OC(C)C(c3ccccc3)(c3ccccc3)N=C12. The summed E-state index contributed by atoms with van der Waals surface area (Å²) in [4.78, 5) is 19.3. The van der Waals surface area contributed by atoms with E-state index in [-0.39, 0.29) is 17.1 Å². The molecule has 1 heterocycles. The van der Waals surface area contributed by atoms with Crippen molar-refractivity contribution >= 4 is 22.8 Å². The predicted molar refractivity (Wildman–Crippen MR) is 180 cm³/mol. The highest BCUT2D eigenvalue weighted by atomic mass is 16.5. The zero-order valence-electron chi connectivity index (χ0n) is 25.2. The van der Waals surface area contributed by atoms with Gasteiger partial charge in [0.15, 0.2) is 11.4 Å². The maximum absolute atomic E-state index is 13.6. The Bertz CT molecular complexity index is 1880. The van der Waals surface area contributed by atoms with Crippen LogP contribution in [0.2, 0.25) is 0 Å². The number of benzene rings is 5. The molecule has 5 aromatic rings. The van der Waals surface area contributed by atoms with Crippen molar-refractivity contribution in [3.63, 3.8) is 0 Å². The zero-order valence-corrected chi connectivity index (χ0v) is 25.2. The van der Waals surface area contributed by atoms with Crippen molar-refractivity contribution < 1.29 is 14.6 Å². The number of Topliss-reactive ketones (excluding diaryl/α,β-unsaturated/α-hetero) is 1. The van der Waals surface area contributed by atoms with E-state index in [4.69, 9.17) is 9.73 Å². The van der Waals surface area contributed by atoms with E-state index < -0.39 is 17.2 Å². The smallest absolute Gasteiger partial charge is 0.165 e. The summed E-state index contributed by atoms with van der Waals surface area (Å²) in [5.74, 6) is -0.372. The second-order valence-corrected chi connectivity index (χ2v) is 11.6. The lowest BCUT2D eigenvalue weighted by molar-refractivity contribution is -0.113. The summed E-state index contributed by atoms with van der Waals surface area (Å²) in [5.41, 5.74) is 4.34. The number of hydrogen-bond donors (Lipinski definition) is 1. The summed E-state index contributed by atoms with van der Waals surface area (Å²) in [5, 5.41) is 11.8. The lowest BCUT2D eigenvalue weighted by atomic mass is 9.69. The first-order valence-corrected chi connectivity index (χ1v) is 15.2. The largest absolute Gasteiger partial charge is 0.506 e. The standard InChI is InChI=1S/C41H33NO3/c1-28(43)37-38(44)34-25-15-16-26-36(34)40(27-35(30-17-7-3-8-18-30)31-19-9-4-10-20-31)39(37)42-41(29(2)45-40,32-21-11-5-12-22-32)33-23-13-6-14-24-33/h3-27,29,44H,1-2H3. The van der Waals surface area contributed by atoms with E-state index in [2.05, 4.69) is 37.3 Å².